The van der Waals surface area contributed by atoms with Crippen LogP contribution < -0.4 is 5.32 Å². The van der Waals surface area contributed by atoms with Gasteiger partial charge < -0.3 is 19.5 Å². The summed E-state index contributed by atoms with van der Waals surface area (Å²) in [4.78, 5) is 11.8. The molecule has 41 heavy (non-hydrogen) atoms. The molecule has 0 amide bonds. The molecular weight excluding hydrogens is 512 g/mol. The van der Waals surface area contributed by atoms with Crippen LogP contribution in [0.15, 0.2) is 84.5 Å². The predicted molar refractivity (Wildman–Crippen MR) is 169 cm³/mol. The monoisotopic (exact) mass is 562 g/mol. The largest absolute Gasteiger partial charge is 0.497 e. The summed E-state index contributed by atoms with van der Waals surface area (Å²) < 4.78 is 18.0. The fourth-order valence-electron chi connectivity index (χ4n) is 4.90. The Morgan fingerprint density at radius 1 is 1.15 bits per heavy atom. The minimum absolute atomic E-state index is 0.0917. The van der Waals surface area contributed by atoms with E-state index in [-0.39, 0.29) is 11.8 Å². The highest BCUT2D eigenvalue weighted by Gasteiger charge is 2.18. The Hall–Kier alpha value is -3.00. The molecule has 1 aromatic heterocycles. The third-order valence-electron chi connectivity index (χ3n) is 7.35. The van der Waals surface area contributed by atoms with Gasteiger partial charge in [0.25, 0.3) is 0 Å². The summed E-state index contributed by atoms with van der Waals surface area (Å²) in [5.41, 5.74) is 3.27. The standard InChI is InChI=1S/C32H44N4O3.C2H6/c1-3-30-14-13-29(26(2)39-24-20-36-18-4-5-19-36)25-38-22-7-6-21-37-23-16-27-9-8-10-28(12-11-27)31-15-17-33-32(34-30)35-31;1-2/h3,6-12,15,17,28-29H,2,4-5,13-14,16,18-25H2,1H3,(H,33,34,35);1-2H3/b7-6+,30-3+;. The van der Waals surface area contributed by atoms with Gasteiger partial charge in [0.1, 0.15) is 6.61 Å². The third kappa shape index (κ3) is 11.8. The molecule has 1 saturated heterocycles. The molecule has 4 rings (SSSR count). The molecule has 1 aliphatic carbocycles. The summed E-state index contributed by atoms with van der Waals surface area (Å²) >= 11 is 0. The van der Waals surface area contributed by atoms with E-state index >= 15 is 0 Å². The molecule has 2 aliphatic heterocycles. The van der Waals surface area contributed by atoms with Crippen molar-refractivity contribution in [2.45, 2.75) is 58.8 Å². The number of nitrogens with zero attached hydrogens (tertiary/aromatic N) is 3. The maximum absolute atomic E-state index is 6.12. The van der Waals surface area contributed by atoms with Crippen LogP contribution in [0.3, 0.4) is 0 Å². The van der Waals surface area contributed by atoms with Gasteiger partial charge >= 0.3 is 0 Å². The van der Waals surface area contributed by atoms with E-state index in [0.29, 0.717) is 39.0 Å². The van der Waals surface area contributed by atoms with Gasteiger partial charge in [0.2, 0.25) is 5.95 Å². The second kappa shape index (κ2) is 19.2. The summed E-state index contributed by atoms with van der Waals surface area (Å²) in [6.07, 6.45) is 23.8. The Morgan fingerprint density at radius 3 is 2.76 bits per heavy atom. The number of ether oxygens (including phenoxy) is 3. The summed E-state index contributed by atoms with van der Waals surface area (Å²) in [7, 11) is 0. The smallest absolute Gasteiger partial charge is 0.227 e. The van der Waals surface area contributed by atoms with Gasteiger partial charge in [0, 0.05) is 30.3 Å². The van der Waals surface area contributed by atoms with Crippen LogP contribution >= 0.6 is 0 Å². The quantitative estimate of drug-likeness (QED) is 0.307. The van der Waals surface area contributed by atoms with Crippen molar-refractivity contribution in [1.29, 1.82) is 0 Å². The van der Waals surface area contributed by atoms with Crippen molar-refractivity contribution in [3.8, 4) is 0 Å². The van der Waals surface area contributed by atoms with Gasteiger partial charge in [-0.2, -0.15) is 0 Å². The molecular formula is C34H50N4O3. The second-order valence-corrected chi connectivity index (χ2v) is 10.2. The maximum atomic E-state index is 6.12. The lowest BCUT2D eigenvalue weighted by Gasteiger charge is -2.22. The molecule has 1 N–H and O–H groups in total. The number of nitrogens with one attached hydrogen (secondary N) is 1. The van der Waals surface area contributed by atoms with Gasteiger partial charge in [-0.1, -0.05) is 69.0 Å². The summed E-state index contributed by atoms with van der Waals surface area (Å²) in [6.45, 7) is 16.6. The molecule has 3 heterocycles. The van der Waals surface area contributed by atoms with Gasteiger partial charge in [-0.05, 0) is 63.8 Å². The first-order valence-corrected chi connectivity index (χ1v) is 15.4. The maximum Gasteiger partial charge on any atom is 0.227 e. The molecule has 2 unspecified atom stereocenters. The van der Waals surface area contributed by atoms with E-state index in [1.807, 2.05) is 45.2 Å². The molecule has 3 aliphatic rings. The lowest BCUT2D eigenvalue weighted by atomic mass is 10.0. The molecule has 0 aromatic carbocycles. The number of rotatable bonds is 5. The van der Waals surface area contributed by atoms with Gasteiger partial charge in [-0.15, -0.1) is 0 Å². The summed E-state index contributed by atoms with van der Waals surface area (Å²) in [6, 6.07) is 1.98. The van der Waals surface area contributed by atoms with Crippen molar-refractivity contribution in [3.63, 3.8) is 0 Å². The zero-order valence-electron chi connectivity index (χ0n) is 25.4. The number of anilines is 1. The molecule has 0 saturated carbocycles. The number of hydrogen-bond acceptors (Lipinski definition) is 7. The lowest BCUT2D eigenvalue weighted by Crippen LogP contribution is -2.25. The minimum Gasteiger partial charge on any atom is -0.497 e. The predicted octanol–water partition coefficient (Wildman–Crippen LogP) is 6.97. The highest BCUT2D eigenvalue weighted by atomic mass is 16.5. The number of fused-ring (bicyclic) bond motifs is 5. The lowest BCUT2D eigenvalue weighted by molar-refractivity contribution is 0.0854. The van der Waals surface area contributed by atoms with Gasteiger partial charge in [0.15, 0.2) is 0 Å². The average molecular weight is 563 g/mol. The van der Waals surface area contributed by atoms with E-state index in [1.165, 1.54) is 31.5 Å². The van der Waals surface area contributed by atoms with E-state index in [0.717, 1.165) is 43.0 Å². The molecule has 7 heteroatoms. The second-order valence-electron chi connectivity index (χ2n) is 10.2. The van der Waals surface area contributed by atoms with Crippen LogP contribution in [-0.2, 0) is 14.2 Å². The SMILES string of the molecule is C=C(OCCN1CCCC1)C1CC/C(=C\C)Nc2nccc(n2)C2C=CC=C(C=C2)CCOC/C=C/COC1.CC. The van der Waals surface area contributed by atoms with Crippen molar-refractivity contribution in [2.24, 2.45) is 5.92 Å². The summed E-state index contributed by atoms with van der Waals surface area (Å²) in [5.74, 6) is 1.59. The Kier molecular flexibility index (Phi) is 15.2. The van der Waals surface area contributed by atoms with E-state index in [4.69, 9.17) is 19.2 Å². The van der Waals surface area contributed by atoms with Crippen LogP contribution in [0.5, 0.6) is 0 Å². The zero-order chi connectivity index (χ0) is 29.1. The first-order valence-electron chi connectivity index (χ1n) is 15.4. The molecule has 0 spiro atoms. The normalized spacial score (nSPS) is 24.3. The summed E-state index contributed by atoms with van der Waals surface area (Å²) in [5, 5.41) is 3.44. The highest BCUT2D eigenvalue weighted by molar-refractivity contribution is 5.39. The Balaban J connectivity index is 0.00000226. The first kappa shape index (κ1) is 32.5. The average Bonchev–Trinajstić information content (AvgIpc) is 3.41. The van der Waals surface area contributed by atoms with Gasteiger partial charge in [0.05, 0.1) is 37.9 Å². The molecule has 4 bridgehead atoms. The molecule has 2 atom stereocenters. The van der Waals surface area contributed by atoms with E-state index < -0.39 is 0 Å². The van der Waals surface area contributed by atoms with E-state index in [1.54, 1.807) is 0 Å². The highest BCUT2D eigenvalue weighted by Crippen LogP contribution is 2.24. The third-order valence-corrected chi connectivity index (χ3v) is 7.35. The molecule has 224 valence electrons. The Bertz CT molecular complexity index is 1070. The number of hydrogen-bond donors (Lipinski definition) is 1. The van der Waals surface area contributed by atoms with Crippen LogP contribution in [0, 0.1) is 5.92 Å². The van der Waals surface area contributed by atoms with Crippen LogP contribution in [0.4, 0.5) is 5.95 Å². The van der Waals surface area contributed by atoms with Gasteiger partial charge in [-0.25, -0.2) is 9.97 Å². The van der Waals surface area contributed by atoms with Crippen LogP contribution in [0.1, 0.15) is 64.5 Å². The number of aromatic nitrogens is 2. The number of likely N-dealkylation sites (tertiary alicyclic amines) is 1. The van der Waals surface area contributed by atoms with E-state index in [2.05, 4.69) is 58.2 Å². The van der Waals surface area contributed by atoms with E-state index in [9.17, 15) is 0 Å². The van der Waals surface area contributed by atoms with Crippen molar-refractivity contribution in [2.75, 3.05) is 58.0 Å². The minimum atomic E-state index is 0.0917. The van der Waals surface area contributed by atoms with Crippen molar-refractivity contribution < 1.29 is 14.2 Å². The Morgan fingerprint density at radius 2 is 1.95 bits per heavy atom. The van der Waals surface area contributed by atoms with Crippen LogP contribution in [0.25, 0.3) is 0 Å². The topological polar surface area (TPSA) is 68.7 Å². The molecule has 0 radical (unpaired) electrons. The fraction of sp³-hybridized carbons (Fsp3) is 0.529. The molecule has 7 nitrogen and oxygen atoms in total. The zero-order valence-corrected chi connectivity index (χ0v) is 25.4. The van der Waals surface area contributed by atoms with Gasteiger partial charge in [-0.3, -0.25) is 4.90 Å². The van der Waals surface area contributed by atoms with Crippen LogP contribution in [-0.4, -0.2) is 67.5 Å². The van der Waals surface area contributed by atoms with Crippen molar-refractivity contribution >= 4 is 5.95 Å². The van der Waals surface area contributed by atoms with Crippen molar-refractivity contribution in [1.82, 2.24) is 14.9 Å². The Labute approximate surface area is 247 Å². The van der Waals surface area contributed by atoms with Crippen LogP contribution in [0.2, 0.25) is 0 Å². The molecule has 1 aromatic rings. The fourth-order valence-corrected chi connectivity index (χ4v) is 4.90. The molecule has 1 fully saturated rings. The van der Waals surface area contributed by atoms with Crippen molar-refractivity contribution in [3.05, 3.63) is 90.2 Å². The number of allylic oxidation sites excluding steroid dienone is 7. The first-order chi connectivity index (χ1) is 20.2.